The van der Waals surface area contributed by atoms with Gasteiger partial charge in [-0.3, -0.25) is 0 Å². The van der Waals surface area contributed by atoms with Crippen molar-refractivity contribution in [3.05, 3.63) is 53.6 Å². The molecule has 2 aromatic rings. The van der Waals surface area contributed by atoms with E-state index in [9.17, 15) is 4.79 Å². The summed E-state index contributed by atoms with van der Waals surface area (Å²) < 4.78 is 5.58. The summed E-state index contributed by atoms with van der Waals surface area (Å²) in [6, 6.07) is 14.2. The van der Waals surface area contributed by atoms with E-state index in [1.807, 2.05) is 31.2 Å². The van der Waals surface area contributed by atoms with Crippen molar-refractivity contribution in [2.24, 2.45) is 5.41 Å². The Morgan fingerprint density at radius 2 is 2.00 bits per heavy atom. The normalized spacial score (nSPS) is 18.0. The maximum absolute atomic E-state index is 11.1. The zero-order valence-electron chi connectivity index (χ0n) is 14.3. The average Bonchev–Trinajstić information content (AvgIpc) is 2.77. The van der Waals surface area contributed by atoms with Gasteiger partial charge in [-0.25, -0.2) is 4.79 Å². The molecule has 1 aliphatic rings. The topological polar surface area (TPSA) is 58.6 Å². The van der Waals surface area contributed by atoms with E-state index in [-0.39, 0.29) is 11.5 Å². The first-order chi connectivity index (χ1) is 11.4. The van der Waals surface area contributed by atoms with E-state index < -0.39 is 6.09 Å². The third-order valence-electron chi connectivity index (χ3n) is 4.63. The fourth-order valence-electron chi connectivity index (χ4n) is 3.56. The first kappa shape index (κ1) is 16.4. The number of hydrogen-bond donors (Lipinski definition) is 2. The fraction of sp³-hybridized carbons (Fsp3) is 0.350. The Labute approximate surface area is 142 Å². The van der Waals surface area contributed by atoms with Gasteiger partial charge in [0.05, 0.1) is 12.6 Å². The second kappa shape index (κ2) is 6.19. The molecule has 0 saturated heterocycles. The first-order valence-electron chi connectivity index (χ1n) is 8.26. The Bertz CT molecular complexity index is 767. The Morgan fingerprint density at radius 3 is 2.71 bits per heavy atom. The fourth-order valence-corrected chi connectivity index (χ4v) is 3.56. The molecule has 0 radical (unpaired) electrons. The van der Waals surface area contributed by atoms with Crippen LogP contribution in [0, 0.1) is 5.41 Å². The van der Waals surface area contributed by atoms with Gasteiger partial charge < -0.3 is 15.2 Å². The van der Waals surface area contributed by atoms with E-state index >= 15 is 0 Å². The summed E-state index contributed by atoms with van der Waals surface area (Å²) in [6.45, 7) is 6.82. The van der Waals surface area contributed by atoms with Crippen molar-refractivity contribution in [1.29, 1.82) is 0 Å². The molecule has 0 fully saturated rings. The molecule has 3 rings (SSSR count). The van der Waals surface area contributed by atoms with E-state index in [1.165, 1.54) is 5.56 Å². The Balaban J connectivity index is 1.96. The average molecular weight is 325 g/mol. The van der Waals surface area contributed by atoms with Crippen molar-refractivity contribution in [3.63, 3.8) is 0 Å². The molecule has 4 nitrogen and oxygen atoms in total. The molecular weight excluding hydrogens is 302 g/mol. The van der Waals surface area contributed by atoms with Crippen LogP contribution >= 0.6 is 0 Å². The maximum Gasteiger partial charge on any atom is 0.405 e. The lowest BCUT2D eigenvalue weighted by Gasteiger charge is -2.27. The lowest BCUT2D eigenvalue weighted by molar-refractivity contribution is 0.175. The van der Waals surface area contributed by atoms with Crippen LogP contribution in [0.4, 0.5) is 4.79 Å². The molecule has 1 aliphatic carbocycles. The molecule has 126 valence electrons. The molecule has 0 heterocycles. The lowest BCUT2D eigenvalue weighted by atomic mass is 9.85. The third kappa shape index (κ3) is 3.09. The van der Waals surface area contributed by atoms with Gasteiger partial charge in [0.25, 0.3) is 0 Å². The standard InChI is InChI=1S/C20H23NO3/c1-4-24-16-7-5-6-13(11-16)14-8-9-17-15(10-14)12-20(2,3)18(17)21-19(22)23/h5-11,18,21H,4,12H2,1-3H3,(H,22,23). The SMILES string of the molecule is CCOc1cccc(-c2ccc3c(c2)CC(C)(C)C3NC(=O)O)c1. The van der Waals surface area contributed by atoms with Gasteiger partial charge >= 0.3 is 6.09 Å². The highest BCUT2D eigenvalue weighted by atomic mass is 16.5. The second-order valence-electron chi connectivity index (χ2n) is 6.92. The highest BCUT2D eigenvalue weighted by Gasteiger charge is 2.39. The van der Waals surface area contributed by atoms with E-state index in [2.05, 4.69) is 37.4 Å². The largest absolute Gasteiger partial charge is 0.494 e. The second-order valence-corrected chi connectivity index (χ2v) is 6.92. The number of hydrogen-bond acceptors (Lipinski definition) is 2. The molecule has 0 spiro atoms. The van der Waals surface area contributed by atoms with Crippen LogP contribution in [0.1, 0.15) is 37.9 Å². The number of ether oxygens (including phenoxy) is 1. The molecule has 1 amide bonds. The minimum absolute atomic E-state index is 0.132. The van der Waals surface area contributed by atoms with Gasteiger partial charge in [-0.05, 0) is 53.1 Å². The van der Waals surface area contributed by atoms with Crippen molar-refractivity contribution in [3.8, 4) is 16.9 Å². The first-order valence-corrected chi connectivity index (χ1v) is 8.26. The smallest absolute Gasteiger partial charge is 0.405 e. The molecule has 0 aromatic heterocycles. The highest BCUT2D eigenvalue weighted by molar-refractivity contribution is 5.69. The van der Waals surface area contributed by atoms with Crippen molar-refractivity contribution >= 4 is 6.09 Å². The molecule has 1 unspecified atom stereocenters. The number of carboxylic acid groups (broad SMARTS) is 1. The quantitative estimate of drug-likeness (QED) is 0.860. The molecule has 0 bridgehead atoms. The maximum atomic E-state index is 11.1. The summed E-state index contributed by atoms with van der Waals surface area (Å²) in [6.07, 6.45) is -0.124. The number of nitrogens with one attached hydrogen (secondary N) is 1. The molecule has 0 saturated carbocycles. The van der Waals surface area contributed by atoms with Crippen LogP contribution in [-0.2, 0) is 6.42 Å². The van der Waals surface area contributed by atoms with E-state index in [0.29, 0.717) is 6.61 Å². The number of amides is 1. The minimum atomic E-state index is -0.977. The minimum Gasteiger partial charge on any atom is -0.494 e. The number of benzene rings is 2. The zero-order chi connectivity index (χ0) is 17.3. The van der Waals surface area contributed by atoms with Crippen molar-refractivity contribution in [2.75, 3.05) is 6.61 Å². The Morgan fingerprint density at radius 1 is 1.25 bits per heavy atom. The van der Waals surface area contributed by atoms with Crippen LogP contribution in [0.5, 0.6) is 5.75 Å². The Kier molecular flexibility index (Phi) is 4.22. The molecule has 1 atom stereocenters. The summed E-state index contributed by atoms with van der Waals surface area (Å²) in [7, 11) is 0. The van der Waals surface area contributed by atoms with E-state index in [4.69, 9.17) is 9.84 Å². The molecule has 2 aromatic carbocycles. The lowest BCUT2D eigenvalue weighted by Crippen LogP contribution is -2.34. The van der Waals surface area contributed by atoms with Gasteiger partial charge in [0, 0.05) is 0 Å². The van der Waals surface area contributed by atoms with Crippen LogP contribution in [0.2, 0.25) is 0 Å². The Hall–Kier alpha value is -2.49. The van der Waals surface area contributed by atoms with Crippen LogP contribution in [0.3, 0.4) is 0 Å². The summed E-state index contributed by atoms with van der Waals surface area (Å²) in [5.74, 6) is 0.862. The number of carbonyl (C=O) groups is 1. The van der Waals surface area contributed by atoms with Gasteiger partial charge in [0.15, 0.2) is 0 Å². The molecular formula is C20H23NO3. The van der Waals surface area contributed by atoms with Crippen LogP contribution in [0.15, 0.2) is 42.5 Å². The van der Waals surface area contributed by atoms with Gasteiger partial charge in [-0.15, -0.1) is 0 Å². The highest BCUT2D eigenvalue weighted by Crippen LogP contribution is 2.46. The van der Waals surface area contributed by atoms with Gasteiger partial charge in [0.1, 0.15) is 5.75 Å². The van der Waals surface area contributed by atoms with Gasteiger partial charge in [-0.1, -0.05) is 44.2 Å². The van der Waals surface area contributed by atoms with Crippen molar-refractivity contribution in [2.45, 2.75) is 33.2 Å². The summed E-state index contributed by atoms with van der Waals surface area (Å²) >= 11 is 0. The van der Waals surface area contributed by atoms with Crippen molar-refractivity contribution in [1.82, 2.24) is 5.32 Å². The monoisotopic (exact) mass is 325 g/mol. The summed E-state index contributed by atoms with van der Waals surface area (Å²) in [5.41, 5.74) is 4.38. The predicted molar refractivity (Wildman–Crippen MR) is 94.4 cm³/mol. The number of fused-ring (bicyclic) bond motifs is 1. The van der Waals surface area contributed by atoms with Crippen LogP contribution < -0.4 is 10.1 Å². The third-order valence-corrected chi connectivity index (χ3v) is 4.63. The van der Waals surface area contributed by atoms with Gasteiger partial charge in [0.2, 0.25) is 0 Å². The van der Waals surface area contributed by atoms with E-state index in [1.54, 1.807) is 0 Å². The summed E-state index contributed by atoms with van der Waals surface area (Å²) in [4.78, 5) is 11.1. The van der Waals surface area contributed by atoms with Gasteiger partial charge in [-0.2, -0.15) is 0 Å². The van der Waals surface area contributed by atoms with Crippen LogP contribution in [0.25, 0.3) is 11.1 Å². The molecule has 4 heteroatoms. The molecule has 0 aliphatic heterocycles. The predicted octanol–water partition coefficient (Wildman–Crippen LogP) is 4.64. The van der Waals surface area contributed by atoms with Crippen LogP contribution in [-0.4, -0.2) is 17.8 Å². The van der Waals surface area contributed by atoms with Crippen molar-refractivity contribution < 1.29 is 14.6 Å². The molecule has 24 heavy (non-hydrogen) atoms. The molecule has 2 N–H and O–H groups in total. The zero-order valence-corrected chi connectivity index (χ0v) is 14.3. The van der Waals surface area contributed by atoms with E-state index in [0.717, 1.165) is 28.9 Å². The summed E-state index contributed by atoms with van der Waals surface area (Å²) in [5, 5.41) is 11.8. The number of rotatable bonds is 4.